The van der Waals surface area contributed by atoms with E-state index < -0.39 is 0 Å². The highest BCUT2D eigenvalue weighted by atomic mass is 16.5. The average molecular weight is 441 g/mol. The molecule has 0 N–H and O–H groups in total. The zero-order chi connectivity index (χ0) is 24.6. The van der Waals surface area contributed by atoms with Crippen LogP contribution >= 0.6 is 0 Å². The van der Waals surface area contributed by atoms with Gasteiger partial charge in [0.2, 0.25) is 11.8 Å². The zero-order valence-electron chi connectivity index (χ0n) is 22.7. The molecule has 2 amide bonds. The standard InChI is InChI=1S/C26H52N2O3/c1-19(2)13-27(23(29)21(5)6)15-25(9,10)17-31-18-26(11,12)16-28(14-20(3)4)24(30)22(7)8/h19-22H,13-18H2,1-12H3. The summed E-state index contributed by atoms with van der Waals surface area (Å²) in [6.45, 7) is 29.2. The normalized spacial score (nSPS) is 12.9. The molecule has 0 unspecified atom stereocenters. The molecule has 184 valence electrons. The largest absolute Gasteiger partial charge is 0.380 e. The van der Waals surface area contributed by atoms with Gasteiger partial charge >= 0.3 is 0 Å². The maximum absolute atomic E-state index is 12.7. The smallest absolute Gasteiger partial charge is 0.225 e. The fourth-order valence-corrected chi connectivity index (χ4v) is 3.80. The Balaban J connectivity index is 4.98. The molecule has 0 bridgehead atoms. The van der Waals surface area contributed by atoms with E-state index >= 15 is 0 Å². The summed E-state index contributed by atoms with van der Waals surface area (Å²) in [6.07, 6.45) is 0. The molecule has 5 nitrogen and oxygen atoms in total. The lowest BCUT2D eigenvalue weighted by Gasteiger charge is -2.37. The van der Waals surface area contributed by atoms with E-state index in [0.29, 0.717) is 38.1 Å². The molecule has 0 aromatic rings. The van der Waals surface area contributed by atoms with Crippen molar-refractivity contribution in [3.8, 4) is 0 Å². The van der Waals surface area contributed by atoms with E-state index in [9.17, 15) is 9.59 Å². The van der Waals surface area contributed by atoms with Crippen LogP contribution in [0.25, 0.3) is 0 Å². The Bertz CT molecular complexity index is 503. The van der Waals surface area contributed by atoms with Crippen molar-refractivity contribution in [3.63, 3.8) is 0 Å². The van der Waals surface area contributed by atoms with Gasteiger partial charge in [-0.25, -0.2) is 0 Å². The summed E-state index contributed by atoms with van der Waals surface area (Å²) in [5.74, 6) is 1.28. The molecule has 0 fully saturated rings. The summed E-state index contributed by atoms with van der Waals surface area (Å²) in [6, 6.07) is 0. The van der Waals surface area contributed by atoms with Crippen molar-refractivity contribution in [3.05, 3.63) is 0 Å². The van der Waals surface area contributed by atoms with Crippen LogP contribution in [0.2, 0.25) is 0 Å². The van der Waals surface area contributed by atoms with Crippen molar-refractivity contribution in [1.29, 1.82) is 0 Å². The van der Waals surface area contributed by atoms with Crippen LogP contribution in [0, 0.1) is 34.5 Å². The van der Waals surface area contributed by atoms with Gasteiger partial charge in [-0.2, -0.15) is 0 Å². The molecule has 0 saturated heterocycles. The minimum absolute atomic E-state index is 0.000152. The van der Waals surface area contributed by atoms with Crippen molar-refractivity contribution >= 4 is 11.8 Å². The van der Waals surface area contributed by atoms with E-state index in [-0.39, 0.29) is 34.5 Å². The molecule has 0 rings (SSSR count). The molecule has 0 radical (unpaired) electrons. The first-order valence-electron chi connectivity index (χ1n) is 12.1. The van der Waals surface area contributed by atoms with Crippen molar-refractivity contribution < 1.29 is 14.3 Å². The molecule has 5 heteroatoms. The van der Waals surface area contributed by atoms with Crippen LogP contribution in [0.4, 0.5) is 0 Å². The van der Waals surface area contributed by atoms with Gasteiger partial charge in [-0.05, 0) is 11.8 Å². The number of carbonyl (C=O) groups excluding carboxylic acids is 2. The fourth-order valence-electron chi connectivity index (χ4n) is 3.80. The first-order valence-corrected chi connectivity index (χ1v) is 12.1. The quantitative estimate of drug-likeness (QED) is 0.366. The maximum atomic E-state index is 12.7. The molecule has 0 aliphatic carbocycles. The lowest BCUT2D eigenvalue weighted by molar-refractivity contribution is -0.137. The Labute approximate surface area is 193 Å². The van der Waals surface area contributed by atoms with Gasteiger partial charge in [0.15, 0.2) is 0 Å². The topological polar surface area (TPSA) is 49.9 Å². The third-order valence-corrected chi connectivity index (χ3v) is 5.01. The van der Waals surface area contributed by atoms with Crippen LogP contribution in [-0.2, 0) is 14.3 Å². The van der Waals surface area contributed by atoms with Crippen LogP contribution in [0.3, 0.4) is 0 Å². The second-order valence-corrected chi connectivity index (χ2v) is 12.4. The lowest BCUT2D eigenvalue weighted by atomic mass is 9.91. The minimum atomic E-state index is -0.138. The van der Waals surface area contributed by atoms with Gasteiger partial charge in [0.25, 0.3) is 0 Å². The number of ether oxygens (including phenoxy) is 1. The molecule has 0 atom stereocenters. The predicted octanol–water partition coefficient (Wildman–Crippen LogP) is 5.34. The summed E-state index contributed by atoms with van der Waals surface area (Å²) < 4.78 is 6.18. The number of rotatable bonds is 14. The van der Waals surface area contributed by atoms with E-state index in [4.69, 9.17) is 4.74 Å². The summed E-state index contributed by atoms with van der Waals surface area (Å²) in [5.41, 5.74) is -0.276. The maximum Gasteiger partial charge on any atom is 0.225 e. The fraction of sp³-hybridized carbons (Fsp3) is 0.923. The number of carbonyl (C=O) groups is 2. The Kier molecular flexibility index (Phi) is 12.4. The summed E-state index contributed by atoms with van der Waals surface area (Å²) in [5, 5.41) is 0. The van der Waals surface area contributed by atoms with Crippen LogP contribution < -0.4 is 0 Å². The van der Waals surface area contributed by atoms with Crippen molar-refractivity contribution in [1.82, 2.24) is 9.80 Å². The molecule has 0 heterocycles. The molecule has 31 heavy (non-hydrogen) atoms. The number of hydrogen-bond acceptors (Lipinski definition) is 3. The second-order valence-electron chi connectivity index (χ2n) is 12.4. The minimum Gasteiger partial charge on any atom is -0.380 e. The number of amides is 2. The Morgan fingerprint density at radius 2 is 0.935 bits per heavy atom. The lowest BCUT2D eigenvalue weighted by Crippen LogP contribution is -2.46. The Hall–Kier alpha value is -1.10. The van der Waals surface area contributed by atoms with E-state index in [0.717, 1.165) is 13.1 Å². The Morgan fingerprint density at radius 1 is 0.645 bits per heavy atom. The highest BCUT2D eigenvalue weighted by molar-refractivity contribution is 5.78. The average Bonchev–Trinajstić information content (AvgIpc) is 2.57. The van der Waals surface area contributed by atoms with Crippen molar-refractivity contribution in [2.75, 3.05) is 39.4 Å². The van der Waals surface area contributed by atoms with Crippen LogP contribution in [0.5, 0.6) is 0 Å². The Morgan fingerprint density at radius 3 is 1.16 bits per heavy atom. The SMILES string of the molecule is CC(C)CN(CC(C)(C)COCC(C)(C)CN(CC(C)C)C(=O)C(C)C)C(=O)C(C)C. The second kappa shape index (κ2) is 12.8. The van der Waals surface area contributed by atoms with Gasteiger partial charge in [0.1, 0.15) is 0 Å². The highest BCUT2D eigenvalue weighted by Crippen LogP contribution is 2.24. The van der Waals surface area contributed by atoms with E-state index in [1.54, 1.807) is 0 Å². The van der Waals surface area contributed by atoms with Gasteiger partial charge in [-0.3, -0.25) is 9.59 Å². The summed E-state index contributed by atoms with van der Waals surface area (Å²) in [4.78, 5) is 29.3. The molecule has 0 aromatic heterocycles. The molecule has 0 aromatic carbocycles. The molecular formula is C26H52N2O3. The summed E-state index contributed by atoms with van der Waals surface area (Å²) in [7, 11) is 0. The van der Waals surface area contributed by atoms with Gasteiger partial charge in [-0.1, -0.05) is 83.1 Å². The third-order valence-electron chi connectivity index (χ3n) is 5.01. The third kappa shape index (κ3) is 12.5. The molecule has 0 saturated carbocycles. The van der Waals surface area contributed by atoms with Gasteiger partial charge in [-0.15, -0.1) is 0 Å². The van der Waals surface area contributed by atoms with Crippen LogP contribution in [-0.4, -0.2) is 61.0 Å². The first kappa shape index (κ1) is 29.9. The van der Waals surface area contributed by atoms with Gasteiger partial charge < -0.3 is 14.5 Å². The molecule has 0 aliphatic heterocycles. The van der Waals surface area contributed by atoms with Crippen LogP contribution in [0.15, 0.2) is 0 Å². The number of nitrogens with zero attached hydrogens (tertiary/aromatic N) is 2. The monoisotopic (exact) mass is 440 g/mol. The number of hydrogen-bond donors (Lipinski definition) is 0. The predicted molar refractivity (Wildman–Crippen MR) is 131 cm³/mol. The van der Waals surface area contributed by atoms with Gasteiger partial charge in [0, 0.05) is 48.8 Å². The van der Waals surface area contributed by atoms with Crippen LogP contribution in [0.1, 0.15) is 83.1 Å². The molecular weight excluding hydrogens is 388 g/mol. The zero-order valence-corrected chi connectivity index (χ0v) is 22.7. The van der Waals surface area contributed by atoms with Gasteiger partial charge in [0.05, 0.1) is 13.2 Å². The molecule has 0 spiro atoms. The van der Waals surface area contributed by atoms with E-state index in [2.05, 4.69) is 55.4 Å². The van der Waals surface area contributed by atoms with Crippen molar-refractivity contribution in [2.24, 2.45) is 34.5 Å². The van der Waals surface area contributed by atoms with E-state index in [1.807, 2.05) is 37.5 Å². The summed E-state index contributed by atoms with van der Waals surface area (Å²) >= 11 is 0. The van der Waals surface area contributed by atoms with Crippen molar-refractivity contribution in [2.45, 2.75) is 83.1 Å². The van der Waals surface area contributed by atoms with E-state index in [1.165, 1.54) is 0 Å². The molecule has 0 aliphatic rings. The highest BCUT2D eigenvalue weighted by Gasteiger charge is 2.30. The first-order chi connectivity index (χ1) is 14.0.